The molecule has 0 amide bonds. The molecule has 0 aromatic carbocycles. The topological polar surface area (TPSA) is 75.4 Å². The lowest BCUT2D eigenvalue weighted by Crippen LogP contribution is -2.21. The van der Waals surface area contributed by atoms with Crippen molar-refractivity contribution in [1.29, 1.82) is 0 Å². The normalized spacial score (nSPS) is 12.9. The maximum absolute atomic E-state index is 11.1. The van der Waals surface area contributed by atoms with Crippen LogP contribution in [0.15, 0.2) is 22.6 Å². The van der Waals surface area contributed by atoms with E-state index in [4.69, 9.17) is 5.11 Å². The lowest BCUT2D eigenvalue weighted by molar-refractivity contribution is -0.138. The highest BCUT2D eigenvalue weighted by Gasteiger charge is 2.17. The Morgan fingerprint density at radius 3 is 3.06 bits per heavy atom. The van der Waals surface area contributed by atoms with Gasteiger partial charge in [0.2, 0.25) is 0 Å². The minimum absolute atomic E-state index is 0.305. The third-order valence-corrected chi connectivity index (χ3v) is 3.63. The number of aryl methyl sites for hydroxylation is 1. The van der Waals surface area contributed by atoms with Crippen molar-refractivity contribution in [1.82, 2.24) is 9.36 Å². The largest absolute Gasteiger partial charge is 0.480 e. The fourth-order valence-electron chi connectivity index (χ4n) is 1.33. The lowest BCUT2D eigenvalue weighted by Gasteiger charge is -2.03. The van der Waals surface area contributed by atoms with Crippen LogP contribution in [0, 0.1) is 6.92 Å². The van der Waals surface area contributed by atoms with Gasteiger partial charge in [-0.2, -0.15) is 4.37 Å². The number of hydrogen-bond acceptors (Lipinski definition) is 6. The zero-order valence-electron chi connectivity index (χ0n) is 9.61. The van der Waals surface area contributed by atoms with Crippen LogP contribution in [0.3, 0.4) is 0 Å². The van der Waals surface area contributed by atoms with Crippen LogP contribution in [0.25, 0.3) is 0 Å². The molecule has 1 unspecified atom stereocenters. The lowest BCUT2D eigenvalue weighted by atomic mass is 10.2. The van der Waals surface area contributed by atoms with Crippen molar-refractivity contribution in [2.24, 2.45) is 4.99 Å². The van der Waals surface area contributed by atoms with Gasteiger partial charge in [0, 0.05) is 22.9 Å². The maximum atomic E-state index is 11.1. The molecule has 2 rings (SSSR count). The van der Waals surface area contributed by atoms with Gasteiger partial charge >= 0.3 is 5.97 Å². The Labute approximate surface area is 112 Å². The summed E-state index contributed by atoms with van der Waals surface area (Å²) in [6.07, 6.45) is 3.56. The summed E-state index contributed by atoms with van der Waals surface area (Å²) in [4.78, 5) is 20.3. The highest BCUT2D eigenvalue weighted by atomic mass is 32.1. The van der Waals surface area contributed by atoms with Crippen molar-refractivity contribution < 1.29 is 9.90 Å². The van der Waals surface area contributed by atoms with Gasteiger partial charge in [-0.3, -0.25) is 4.99 Å². The van der Waals surface area contributed by atoms with Crippen LogP contribution >= 0.6 is 22.9 Å². The van der Waals surface area contributed by atoms with Crippen LogP contribution in [0.2, 0.25) is 0 Å². The predicted octanol–water partition coefficient (Wildman–Crippen LogP) is 2.02. The van der Waals surface area contributed by atoms with Gasteiger partial charge in [0.1, 0.15) is 5.01 Å². The molecule has 1 atom stereocenters. The van der Waals surface area contributed by atoms with Gasteiger partial charge in [0.15, 0.2) is 6.04 Å². The second kappa shape index (κ2) is 5.83. The van der Waals surface area contributed by atoms with E-state index in [0.29, 0.717) is 6.42 Å². The SMILES string of the molecule is Cc1cnc(C=NC(Cc2ccsn2)C(=O)O)s1. The number of aromatic nitrogens is 2. The van der Waals surface area contributed by atoms with Gasteiger partial charge in [-0.05, 0) is 24.5 Å². The van der Waals surface area contributed by atoms with Crippen LogP contribution < -0.4 is 0 Å². The monoisotopic (exact) mass is 281 g/mol. The number of carboxylic acid groups (broad SMARTS) is 1. The van der Waals surface area contributed by atoms with Crippen LogP contribution in [0.5, 0.6) is 0 Å². The molecule has 0 aliphatic rings. The molecular formula is C11H11N3O2S2. The van der Waals surface area contributed by atoms with Gasteiger partial charge in [-0.15, -0.1) is 11.3 Å². The van der Waals surface area contributed by atoms with Crippen LogP contribution in [-0.4, -0.2) is 32.7 Å². The summed E-state index contributed by atoms with van der Waals surface area (Å²) in [6, 6.07) is 1.00. The number of aliphatic imine (C=N–C) groups is 1. The van der Waals surface area contributed by atoms with Gasteiger partial charge < -0.3 is 5.11 Å². The third-order valence-electron chi connectivity index (χ3n) is 2.18. The van der Waals surface area contributed by atoms with E-state index in [1.807, 2.05) is 18.4 Å². The number of carbonyl (C=O) groups is 1. The molecule has 0 spiro atoms. The molecule has 2 aromatic rings. The molecule has 0 radical (unpaired) electrons. The highest BCUT2D eigenvalue weighted by Crippen LogP contribution is 2.10. The van der Waals surface area contributed by atoms with Gasteiger partial charge in [0.25, 0.3) is 0 Å². The van der Waals surface area contributed by atoms with E-state index in [0.717, 1.165) is 15.6 Å². The third kappa shape index (κ3) is 3.44. The van der Waals surface area contributed by atoms with Crippen molar-refractivity contribution in [2.75, 3.05) is 0 Å². The standard InChI is InChI=1S/C11H11N3O2S2/c1-7-5-13-10(18-7)6-12-9(11(15)16)4-8-2-3-17-14-8/h2-3,5-6,9H,4H2,1H3,(H,15,16). The van der Waals surface area contributed by atoms with Crippen molar-refractivity contribution in [3.05, 3.63) is 33.2 Å². The summed E-state index contributed by atoms with van der Waals surface area (Å²) in [5, 5.41) is 11.6. The van der Waals surface area contributed by atoms with E-state index in [1.165, 1.54) is 29.1 Å². The van der Waals surface area contributed by atoms with Crippen LogP contribution in [0.1, 0.15) is 15.6 Å². The second-order valence-corrected chi connectivity index (χ2v) is 5.57. The second-order valence-electron chi connectivity index (χ2n) is 3.64. The summed E-state index contributed by atoms with van der Waals surface area (Å²) in [6.45, 7) is 1.94. The summed E-state index contributed by atoms with van der Waals surface area (Å²) in [7, 11) is 0. The molecular weight excluding hydrogens is 270 g/mol. The van der Waals surface area contributed by atoms with Crippen molar-refractivity contribution in [3.8, 4) is 0 Å². The Kier molecular flexibility index (Phi) is 4.16. The summed E-state index contributed by atoms with van der Waals surface area (Å²) < 4.78 is 4.09. The minimum Gasteiger partial charge on any atom is -0.480 e. The first kappa shape index (κ1) is 12.8. The van der Waals surface area contributed by atoms with E-state index in [2.05, 4.69) is 14.3 Å². The number of aliphatic carboxylic acids is 1. The molecule has 7 heteroatoms. The fraction of sp³-hybridized carbons (Fsp3) is 0.273. The molecule has 2 heterocycles. The summed E-state index contributed by atoms with van der Waals surface area (Å²) in [5.41, 5.74) is 0.750. The Morgan fingerprint density at radius 1 is 1.67 bits per heavy atom. The fourth-order valence-corrected chi connectivity index (χ4v) is 2.53. The Hall–Kier alpha value is -1.60. The number of hydrogen-bond donors (Lipinski definition) is 1. The quantitative estimate of drug-likeness (QED) is 0.851. The Bertz CT molecular complexity index is 548. The van der Waals surface area contributed by atoms with E-state index >= 15 is 0 Å². The molecule has 0 aliphatic heterocycles. The smallest absolute Gasteiger partial charge is 0.328 e. The maximum Gasteiger partial charge on any atom is 0.328 e. The van der Waals surface area contributed by atoms with Crippen molar-refractivity contribution >= 4 is 35.1 Å². The summed E-state index contributed by atoms with van der Waals surface area (Å²) in [5.74, 6) is -0.951. The molecule has 1 N–H and O–H groups in total. The average Bonchev–Trinajstić information content (AvgIpc) is 2.95. The predicted molar refractivity (Wildman–Crippen MR) is 71.7 cm³/mol. The molecule has 0 saturated carbocycles. The van der Waals surface area contributed by atoms with E-state index in [1.54, 1.807) is 6.20 Å². The minimum atomic E-state index is -0.951. The molecule has 0 fully saturated rings. The van der Waals surface area contributed by atoms with E-state index < -0.39 is 12.0 Å². The Balaban J connectivity index is 2.06. The molecule has 18 heavy (non-hydrogen) atoms. The molecule has 5 nitrogen and oxygen atoms in total. The summed E-state index contributed by atoms with van der Waals surface area (Å²) >= 11 is 2.79. The molecule has 94 valence electrons. The van der Waals surface area contributed by atoms with E-state index in [9.17, 15) is 4.79 Å². The van der Waals surface area contributed by atoms with Crippen molar-refractivity contribution in [3.63, 3.8) is 0 Å². The van der Waals surface area contributed by atoms with Crippen LogP contribution in [0.4, 0.5) is 0 Å². The zero-order chi connectivity index (χ0) is 13.0. The molecule has 2 aromatic heterocycles. The van der Waals surface area contributed by atoms with Gasteiger partial charge in [-0.25, -0.2) is 9.78 Å². The molecule has 0 saturated heterocycles. The number of rotatable bonds is 5. The highest BCUT2D eigenvalue weighted by molar-refractivity contribution is 7.13. The van der Waals surface area contributed by atoms with E-state index in [-0.39, 0.29) is 0 Å². The zero-order valence-corrected chi connectivity index (χ0v) is 11.2. The number of nitrogens with zero attached hydrogens (tertiary/aromatic N) is 3. The Morgan fingerprint density at radius 2 is 2.50 bits per heavy atom. The van der Waals surface area contributed by atoms with Gasteiger partial charge in [0.05, 0.1) is 11.9 Å². The first-order chi connectivity index (χ1) is 8.65. The first-order valence-electron chi connectivity index (χ1n) is 5.23. The number of carboxylic acids is 1. The molecule has 0 aliphatic carbocycles. The van der Waals surface area contributed by atoms with Gasteiger partial charge in [-0.1, -0.05) is 0 Å². The van der Waals surface area contributed by atoms with Crippen LogP contribution in [-0.2, 0) is 11.2 Å². The first-order valence-corrected chi connectivity index (χ1v) is 6.88. The van der Waals surface area contributed by atoms with Crippen molar-refractivity contribution in [2.45, 2.75) is 19.4 Å². The average molecular weight is 281 g/mol. The number of thiazole rings is 1. The molecule has 0 bridgehead atoms.